The molecule has 5 heteroatoms. The molecule has 0 amide bonds. The van der Waals surface area contributed by atoms with Gasteiger partial charge in [-0.25, -0.2) is 4.79 Å². The Morgan fingerprint density at radius 1 is 1.48 bits per heavy atom. The van der Waals surface area contributed by atoms with Crippen molar-refractivity contribution < 1.29 is 9.90 Å². The summed E-state index contributed by atoms with van der Waals surface area (Å²) in [6.07, 6.45) is 2.26. The van der Waals surface area contributed by atoms with Gasteiger partial charge >= 0.3 is 5.97 Å². The van der Waals surface area contributed by atoms with Crippen LogP contribution in [0.25, 0.3) is 0 Å². The SMILES string of the molecule is CCSc1cccc(N2CCCC2CN(C)C)c1C(=O)O. The van der Waals surface area contributed by atoms with Crippen LogP contribution in [-0.4, -0.2) is 55.0 Å². The van der Waals surface area contributed by atoms with Gasteiger partial charge in [-0.15, -0.1) is 11.8 Å². The highest BCUT2D eigenvalue weighted by Gasteiger charge is 2.29. The van der Waals surface area contributed by atoms with E-state index in [1.807, 2.05) is 25.1 Å². The van der Waals surface area contributed by atoms with Gasteiger partial charge in [0.1, 0.15) is 0 Å². The number of carbonyl (C=O) groups is 1. The Balaban J connectivity index is 2.38. The molecular formula is C16H24N2O2S. The van der Waals surface area contributed by atoms with E-state index >= 15 is 0 Å². The van der Waals surface area contributed by atoms with Crippen LogP contribution in [0, 0.1) is 0 Å². The maximum atomic E-state index is 11.8. The van der Waals surface area contributed by atoms with Crippen LogP contribution in [0.5, 0.6) is 0 Å². The third kappa shape index (κ3) is 3.71. The van der Waals surface area contributed by atoms with Crippen molar-refractivity contribution >= 4 is 23.4 Å². The van der Waals surface area contributed by atoms with E-state index in [1.54, 1.807) is 11.8 Å². The lowest BCUT2D eigenvalue weighted by Crippen LogP contribution is -2.38. The minimum atomic E-state index is -0.822. The zero-order valence-corrected chi connectivity index (χ0v) is 13.8. The van der Waals surface area contributed by atoms with Crippen molar-refractivity contribution in [2.75, 3.05) is 37.8 Å². The molecule has 0 aromatic heterocycles. The first-order chi connectivity index (χ1) is 10.0. The number of thioether (sulfide) groups is 1. The van der Waals surface area contributed by atoms with E-state index in [2.05, 4.69) is 23.9 Å². The van der Waals surface area contributed by atoms with E-state index in [0.717, 1.165) is 42.3 Å². The summed E-state index contributed by atoms with van der Waals surface area (Å²) in [6.45, 7) is 3.96. The Hall–Kier alpha value is -1.20. The highest BCUT2D eigenvalue weighted by atomic mass is 32.2. The average Bonchev–Trinajstić information content (AvgIpc) is 2.85. The van der Waals surface area contributed by atoms with Gasteiger partial charge in [0, 0.05) is 24.0 Å². The minimum absolute atomic E-state index is 0.403. The van der Waals surface area contributed by atoms with Gasteiger partial charge < -0.3 is 14.9 Å². The molecule has 1 aliphatic heterocycles. The average molecular weight is 308 g/mol. The number of aromatic carboxylic acids is 1. The van der Waals surface area contributed by atoms with E-state index < -0.39 is 5.97 Å². The van der Waals surface area contributed by atoms with Gasteiger partial charge in [-0.1, -0.05) is 13.0 Å². The number of carboxylic acids is 1. The summed E-state index contributed by atoms with van der Waals surface area (Å²) in [5.41, 5.74) is 1.35. The van der Waals surface area contributed by atoms with Crippen molar-refractivity contribution in [1.29, 1.82) is 0 Å². The Kier molecular flexibility index (Phi) is 5.53. The maximum Gasteiger partial charge on any atom is 0.338 e. The fraction of sp³-hybridized carbons (Fsp3) is 0.562. The largest absolute Gasteiger partial charge is 0.478 e. The van der Waals surface area contributed by atoms with Gasteiger partial charge in [-0.3, -0.25) is 0 Å². The number of likely N-dealkylation sites (N-methyl/N-ethyl adjacent to an activating group) is 1. The van der Waals surface area contributed by atoms with Gasteiger partial charge in [0.05, 0.1) is 11.3 Å². The standard InChI is InChI=1S/C16H24N2O2S/c1-4-21-14-9-5-8-13(15(14)16(19)20)18-10-6-7-12(18)11-17(2)3/h5,8-9,12H,4,6-7,10-11H2,1-3H3,(H,19,20). The van der Waals surface area contributed by atoms with Crippen molar-refractivity contribution in [1.82, 2.24) is 4.90 Å². The van der Waals surface area contributed by atoms with E-state index in [9.17, 15) is 9.90 Å². The monoisotopic (exact) mass is 308 g/mol. The fourth-order valence-corrected chi connectivity index (χ4v) is 3.84. The highest BCUT2D eigenvalue weighted by molar-refractivity contribution is 7.99. The lowest BCUT2D eigenvalue weighted by atomic mass is 10.1. The predicted molar refractivity (Wildman–Crippen MR) is 88.7 cm³/mol. The third-order valence-corrected chi connectivity index (χ3v) is 4.72. The first-order valence-corrected chi connectivity index (χ1v) is 8.43. The molecule has 2 rings (SSSR count). The van der Waals surface area contributed by atoms with E-state index in [1.165, 1.54) is 0 Å². The molecule has 4 nitrogen and oxygen atoms in total. The van der Waals surface area contributed by atoms with Crippen LogP contribution in [0.1, 0.15) is 30.1 Å². The molecule has 21 heavy (non-hydrogen) atoms. The Morgan fingerprint density at radius 2 is 2.24 bits per heavy atom. The Bertz CT molecular complexity index is 505. The van der Waals surface area contributed by atoms with E-state index in [4.69, 9.17) is 0 Å². The van der Waals surface area contributed by atoms with Crippen LogP contribution in [0.2, 0.25) is 0 Å². The highest BCUT2D eigenvalue weighted by Crippen LogP contribution is 2.34. The number of rotatable bonds is 6. The number of anilines is 1. The molecule has 1 saturated heterocycles. The fourth-order valence-electron chi connectivity index (χ4n) is 3.01. The first-order valence-electron chi connectivity index (χ1n) is 7.45. The third-order valence-electron chi connectivity index (χ3n) is 3.78. The molecule has 1 aromatic rings. The van der Waals surface area contributed by atoms with Gasteiger partial charge in [0.15, 0.2) is 0 Å². The van der Waals surface area contributed by atoms with Crippen LogP contribution in [0.15, 0.2) is 23.1 Å². The Labute approximate surface area is 131 Å². The first kappa shape index (κ1) is 16.2. The topological polar surface area (TPSA) is 43.8 Å². The van der Waals surface area contributed by atoms with Gasteiger partial charge in [-0.05, 0) is 44.8 Å². The number of nitrogens with zero attached hydrogens (tertiary/aromatic N) is 2. The second kappa shape index (κ2) is 7.18. The number of hydrogen-bond acceptors (Lipinski definition) is 4. The van der Waals surface area contributed by atoms with Crippen LogP contribution in [0.3, 0.4) is 0 Å². The van der Waals surface area contributed by atoms with Crippen molar-refractivity contribution in [3.63, 3.8) is 0 Å². The molecule has 0 radical (unpaired) electrons. The Morgan fingerprint density at radius 3 is 2.86 bits per heavy atom. The summed E-state index contributed by atoms with van der Waals surface area (Å²) >= 11 is 1.60. The summed E-state index contributed by atoms with van der Waals surface area (Å²) in [5, 5.41) is 9.65. The molecular weight excluding hydrogens is 284 g/mol. The zero-order valence-electron chi connectivity index (χ0n) is 13.0. The molecule has 1 aromatic carbocycles. The lowest BCUT2D eigenvalue weighted by Gasteiger charge is -2.30. The van der Waals surface area contributed by atoms with Gasteiger partial charge in [-0.2, -0.15) is 0 Å². The summed E-state index contributed by atoms with van der Waals surface area (Å²) in [4.78, 5) is 17.1. The summed E-state index contributed by atoms with van der Waals surface area (Å²) in [6, 6.07) is 6.25. The van der Waals surface area contributed by atoms with E-state index in [0.29, 0.717) is 11.6 Å². The lowest BCUT2D eigenvalue weighted by molar-refractivity contribution is 0.0694. The normalized spacial score (nSPS) is 18.5. The van der Waals surface area contributed by atoms with Crippen molar-refractivity contribution in [3.8, 4) is 0 Å². The van der Waals surface area contributed by atoms with E-state index in [-0.39, 0.29) is 0 Å². The van der Waals surface area contributed by atoms with Crippen molar-refractivity contribution in [2.45, 2.75) is 30.7 Å². The maximum absolute atomic E-state index is 11.8. The van der Waals surface area contributed by atoms with Gasteiger partial charge in [0.25, 0.3) is 0 Å². The minimum Gasteiger partial charge on any atom is -0.478 e. The molecule has 0 saturated carbocycles. The molecule has 1 atom stereocenters. The molecule has 1 unspecified atom stereocenters. The number of carboxylic acid groups (broad SMARTS) is 1. The molecule has 116 valence electrons. The quantitative estimate of drug-likeness (QED) is 0.818. The van der Waals surface area contributed by atoms with Crippen LogP contribution in [0.4, 0.5) is 5.69 Å². The summed E-state index contributed by atoms with van der Waals surface area (Å²) < 4.78 is 0. The molecule has 1 aliphatic rings. The zero-order chi connectivity index (χ0) is 15.4. The predicted octanol–water partition coefficient (Wildman–Crippen LogP) is 3.03. The van der Waals surface area contributed by atoms with Crippen molar-refractivity contribution in [3.05, 3.63) is 23.8 Å². The smallest absolute Gasteiger partial charge is 0.338 e. The van der Waals surface area contributed by atoms with Crippen LogP contribution in [-0.2, 0) is 0 Å². The van der Waals surface area contributed by atoms with Crippen LogP contribution >= 0.6 is 11.8 Å². The molecule has 1 N–H and O–H groups in total. The number of benzene rings is 1. The van der Waals surface area contributed by atoms with Crippen LogP contribution < -0.4 is 4.90 Å². The second-order valence-corrected chi connectivity index (χ2v) is 6.95. The molecule has 0 bridgehead atoms. The summed E-state index contributed by atoms with van der Waals surface area (Å²) in [7, 11) is 4.13. The molecule has 1 fully saturated rings. The number of hydrogen-bond donors (Lipinski definition) is 1. The van der Waals surface area contributed by atoms with Crippen molar-refractivity contribution in [2.24, 2.45) is 0 Å². The molecule has 1 heterocycles. The summed E-state index contributed by atoms with van der Waals surface area (Å²) in [5.74, 6) is 0.0576. The van der Waals surface area contributed by atoms with Gasteiger partial charge in [0.2, 0.25) is 0 Å². The second-order valence-electron chi connectivity index (χ2n) is 5.64. The molecule has 0 spiro atoms. The molecule has 0 aliphatic carbocycles.